The smallest absolute Gasteiger partial charge is 0.344 e. The fourth-order valence-electron chi connectivity index (χ4n) is 2.80. The zero-order valence-electron chi connectivity index (χ0n) is 17.1. The van der Waals surface area contributed by atoms with E-state index in [0.29, 0.717) is 21.8 Å². The van der Waals surface area contributed by atoms with Gasteiger partial charge in [0.1, 0.15) is 22.1 Å². The lowest BCUT2D eigenvalue weighted by atomic mass is 10.1. The van der Waals surface area contributed by atoms with E-state index >= 15 is 0 Å². The number of thioether (sulfide) groups is 1. The summed E-state index contributed by atoms with van der Waals surface area (Å²) < 4.78 is 11.3. The molecule has 0 aromatic heterocycles. The summed E-state index contributed by atoms with van der Waals surface area (Å²) in [5, 5.41) is 10.9. The number of aliphatic hydroxyl groups excluding tert-OH is 1. The first-order chi connectivity index (χ1) is 14.8. The molecule has 6 nitrogen and oxygen atoms in total. The lowest BCUT2D eigenvalue weighted by molar-refractivity contribution is -0.138. The quantitative estimate of drug-likeness (QED) is 0.546. The number of hydrogen-bond acceptors (Lipinski definition) is 6. The van der Waals surface area contributed by atoms with Gasteiger partial charge in [-0.3, -0.25) is 4.79 Å². The van der Waals surface area contributed by atoms with Gasteiger partial charge in [-0.15, -0.1) is 0 Å². The molecule has 2 aromatic rings. The molecule has 3 rings (SSSR count). The van der Waals surface area contributed by atoms with Crippen molar-refractivity contribution >= 4 is 50.7 Å². The van der Waals surface area contributed by atoms with Crippen molar-refractivity contribution in [1.82, 2.24) is 0 Å². The Morgan fingerprint density at radius 2 is 1.90 bits per heavy atom. The van der Waals surface area contributed by atoms with Crippen LogP contribution in [0.25, 0.3) is 6.08 Å². The van der Waals surface area contributed by atoms with Crippen LogP contribution < -0.4 is 4.74 Å². The number of nitrogens with zero attached hydrogens (tertiary/aromatic N) is 1. The fourth-order valence-corrected chi connectivity index (χ4v) is 4.19. The van der Waals surface area contributed by atoms with E-state index in [1.807, 2.05) is 19.1 Å². The Kier molecular flexibility index (Phi) is 7.35. The summed E-state index contributed by atoms with van der Waals surface area (Å²) in [6.45, 7) is 3.70. The number of benzene rings is 2. The number of amides is 1. The summed E-state index contributed by atoms with van der Waals surface area (Å²) in [6, 6.07) is 12.4. The number of hydrogen-bond donors (Lipinski definition) is 1. The lowest BCUT2D eigenvalue weighted by Crippen LogP contribution is -2.14. The summed E-state index contributed by atoms with van der Waals surface area (Å²) >= 11 is 4.43. The molecule has 0 saturated heterocycles. The predicted octanol–water partition coefficient (Wildman–Crippen LogP) is 5.47. The van der Waals surface area contributed by atoms with Crippen molar-refractivity contribution in [2.75, 3.05) is 13.7 Å². The maximum absolute atomic E-state index is 12.7. The Hall–Kier alpha value is -2.84. The van der Waals surface area contributed by atoms with Gasteiger partial charge in [-0.1, -0.05) is 45.4 Å². The van der Waals surface area contributed by atoms with Gasteiger partial charge in [-0.05, 0) is 50.3 Å². The van der Waals surface area contributed by atoms with Gasteiger partial charge in [-0.25, -0.2) is 9.79 Å². The predicted molar refractivity (Wildman–Crippen MR) is 125 cm³/mol. The summed E-state index contributed by atoms with van der Waals surface area (Å²) in [4.78, 5) is 29.6. The van der Waals surface area contributed by atoms with E-state index in [1.54, 1.807) is 50.4 Å². The van der Waals surface area contributed by atoms with Crippen molar-refractivity contribution in [3.63, 3.8) is 0 Å². The minimum absolute atomic E-state index is 0.0849. The molecule has 1 heterocycles. The van der Waals surface area contributed by atoms with Gasteiger partial charge in [0.25, 0.3) is 5.91 Å². The Labute approximate surface area is 192 Å². The Morgan fingerprint density at radius 3 is 2.55 bits per heavy atom. The third-order valence-corrected chi connectivity index (χ3v) is 5.86. The first-order valence-corrected chi connectivity index (χ1v) is 11.0. The van der Waals surface area contributed by atoms with E-state index in [9.17, 15) is 14.7 Å². The molecule has 0 bridgehead atoms. The minimum Gasteiger partial charge on any atom is -0.506 e. The largest absolute Gasteiger partial charge is 0.506 e. The molecule has 1 aliphatic heterocycles. The fraction of sp³-hybridized carbons (Fsp3) is 0.174. The van der Waals surface area contributed by atoms with Gasteiger partial charge in [0.05, 0.1) is 18.6 Å². The molecule has 160 valence electrons. The normalized spacial score (nSPS) is 16.1. The summed E-state index contributed by atoms with van der Waals surface area (Å²) in [5.41, 5.74) is 1.94. The average molecular weight is 502 g/mol. The van der Waals surface area contributed by atoms with Gasteiger partial charge in [0.15, 0.2) is 0 Å². The molecule has 0 unspecified atom stereocenters. The summed E-state index contributed by atoms with van der Waals surface area (Å²) in [6.07, 6.45) is 1.67. The monoisotopic (exact) mass is 501 g/mol. The van der Waals surface area contributed by atoms with Crippen LogP contribution in [0.15, 0.2) is 68.2 Å². The standard InChI is InChI=1S/C23H20BrNO5S/c1-4-30-23(28)19-20(26)18(12-15-11-16(24)9-10-17(15)29-3)31-22(19)25-21(27)14-7-5-13(2)6-8-14/h5-12,26H,4H2,1-3H3/b18-12-,25-22?. The molecule has 0 spiro atoms. The third kappa shape index (κ3) is 5.26. The number of rotatable bonds is 5. The molecule has 0 aliphatic carbocycles. The Balaban J connectivity index is 2.05. The number of aliphatic hydroxyl groups is 1. The molecular weight excluding hydrogens is 482 g/mol. The number of halogens is 1. The molecule has 0 atom stereocenters. The van der Waals surface area contributed by atoms with Crippen LogP contribution >= 0.6 is 27.7 Å². The second kappa shape index (κ2) is 9.98. The van der Waals surface area contributed by atoms with Crippen LogP contribution in [0.1, 0.15) is 28.4 Å². The number of ether oxygens (including phenoxy) is 2. The van der Waals surface area contributed by atoms with E-state index in [2.05, 4.69) is 20.9 Å². The number of esters is 1. The second-order valence-corrected chi connectivity index (χ2v) is 8.48. The molecule has 8 heteroatoms. The Morgan fingerprint density at radius 1 is 1.19 bits per heavy atom. The highest BCUT2D eigenvalue weighted by Gasteiger charge is 2.34. The molecule has 0 saturated carbocycles. The van der Waals surface area contributed by atoms with Crippen molar-refractivity contribution in [2.45, 2.75) is 13.8 Å². The number of aryl methyl sites for hydroxylation is 1. The van der Waals surface area contributed by atoms with Gasteiger partial charge in [0.2, 0.25) is 0 Å². The molecular formula is C23H20BrNO5S. The minimum atomic E-state index is -0.743. The maximum atomic E-state index is 12.7. The second-order valence-electron chi connectivity index (χ2n) is 6.53. The highest BCUT2D eigenvalue weighted by atomic mass is 79.9. The van der Waals surface area contributed by atoms with Gasteiger partial charge < -0.3 is 14.6 Å². The zero-order chi connectivity index (χ0) is 22.5. The zero-order valence-corrected chi connectivity index (χ0v) is 19.5. The van der Waals surface area contributed by atoms with Crippen LogP contribution in [0, 0.1) is 6.92 Å². The van der Waals surface area contributed by atoms with Crippen molar-refractivity contribution < 1.29 is 24.2 Å². The molecule has 2 aromatic carbocycles. The van der Waals surface area contributed by atoms with E-state index in [0.717, 1.165) is 21.8 Å². The third-order valence-electron chi connectivity index (χ3n) is 4.35. The molecule has 31 heavy (non-hydrogen) atoms. The SMILES string of the molecule is CCOC(=O)C1=C(O)/C(=C/c2cc(Br)ccc2OC)SC1=NC(=O)c1ccc(C)cc1. The highest BCUT2D eigenvalue weighted by molar-refractivity contribution is 9.10. The number of methoxy groups -OCH3 is 1. The topological polar surface area (TPSA) is 85.2 Å². The highest BCUT2D eigenvalue weighted by Crippen LogP contribution is 2.40. The van der Waals surface area contributed by atoms with Crippen LogP contribution in [0.4, 0.5) is 0 Å². The average Bonchev–Trinajstić information content (AvgIpc) is 3.03. The van der Waals surface area contributed by atoms with E-state index in [-0.39, 0.29) is 23.0 Å². The molecule has 1 aliphatic rings. The van der Waals surface area contributed by atoms with Crippen molar-refractivity contribution in [2.24, 2.45) is 4.99 Å². The van der Waals surface area contributed by atoms with E-state index in [1.165, 1.54) is 0 Å². The van der Waals surface area contributed by atoms with Crippen LogP contribution in [0.5, 0.6) is 5.75 Å². The number of aliphatic imine (C=N–C) groups is 1. The summed E-state index contributed by atoms with van der Waals surface area (Å²) in [7, 11) is 1.54. The van der Waals surface area contributed by atoms with Crippen molar-refractivity contribution in [3.05, 3.63) is 79.9 Å². The first-order valence-electron chi connectivity index (χ1n) is 9.38. The molecule has 0 fully saturated rings. The molecule has 0 radical (unpaired) electrons. The maximum Gasteiger partial charge on any atom is 0.344 e. The molecule has 1 N–H and O–H groups in total. The summed E-state index contributed by atoms with van der Waals surface area (Å²) in [5.74, 6) is -0.963. The number of carbonyl (C=O) groups excluding carboxylic acids is 2. The molecule has 1 amide bonds. The van der Waals surface area contributed by atoms with Gasteiger partial charge in [0, 0.05) is 15.6 Å². The Bertz CT molecular complexity index is 1120. The van der Waals surface area contributed by atoms with Crippen molar-refractivity contribution in [3.8, 4) is 5.75 Å². The van der Waals surface area contributed by atoms with Crippen LogP contribution in [0.2, 0.25) is 0 Å². The van der Waals surface area contributed by atoms with Gasteiger partial charge >= 0.3 is 5.97 Å². The van der Waals surface area contributed by atoms with Crippen LogP contribution in [-0.4, -0.2) is 35.7 Å². The van der Waals surface area contributed by atoms with Crippen LogP contribution in [-0.2, 0) is 9.53 Å². The van der Waals surface area contributed by atoms with Crippen LogP contribution in [0.3, 0.4) is 0 Å². The first kappa shape index (κ1) is 22.8. The van der Waals surface area contributed by atoms with Gasteiger partial charge in [-0.2, -0.15) is 0 Å². The van der Waals surface area contributed by atoms with E-state index < -0.39 is 11.9 Å². The lowest BCUT2D eigenvalue weighted by Gasteiger charge is -2.06. The number of carbonyl (C=O) groups is 2. The van der Waals surface area contributed by atoms with Crippen molar-refractivity contribution in [1.29, 1.82) is 0 Å². The van der Waals surface area contributed by atoms with E-state index in [4.69, 9.17) is 9.47 Å².